The summed E-state index contributed by atoms with van der Waals surface area (Å²) in [6.45, 7) is 0.713. The van der Waals surface area contributed by atoms with Gasteiger partial charge in [0.05, 0.1) is 30.9 Å². The van der Waals surface area contributed by atoms with Crippen molar-refractivity contribution in [3.05, 3.63) is 81.3 Å². The first-order valence-electron chi connectivity index (χ1n) is 11.0. The Morgan fingerprint density at radius 2 is 1.56 bits per heavy atom. The Morgan fingerprint density at radius 3 is 2.17 bits per heavy atom. The molecule has 1 aliphatic rings. The third-order valence-electron chi connectivity index (χ3n) is 5.81. The topological polar surface area (TPSA) is 89.1 Å². The number of fused-ring (bicyclic) bond motifs is 1. The van der Waals surface area contributed by atoms with Gasteiger partial charge in [0.2, 0.25) is 0 Å². The SMILES string of the molecule is COCCN1C(=O)c2cc(C(=O)Nc3ccc(OC)c(Cl)c3)ccc2[C@H]1Nc1ccc(OC)c(Cl)c1. The summed E-state index contributed by atoms with van der Waals surface area (Å²) in [6.07, 6.45) is -0.468. The predicted molar refractivity (Wildman–Crippen MR) is 140 cm³/mol. The van der Waals surface area contributed by atoms with Crippen LogP contribution in [0.4, 0.5) is 11.4 Å². The molecular formula is C26H25Cl2N3O5. The van der Waals surface area contributed by atoms with Crippen LogP contribution in [0.1, 0.15) is 32.4 Å². The number of nitrogens with zero attached hydrogens (tertiary/aromatic N) is 1. The molecule has 8 nitrogen and oxygen atoms in total. The van der Waals surface area contributed by atoms with E-state index in [4.69, 9.17) is 37.4 Å². The largest absolute Gasteiger partial charge is 0.495 e. The molecule has 2 N–H and O–H groups in total. The molecule has 3 aromatic rings. The number of benzene rings is 3. The van der Waals surface area contributed by atoms with Crippen LogP contribution in [-0.2, 0) is 4.74 Å². The molecule has 0 aromatic heterocycles. The van der Waals surface area contributed by atoms with E-state index in [0.717, 1.165) is 5.56 Å². The number of anilines is 2. The van der Waals surface area contributed by atoms with E-state index in [-0.39, 0.29) is 11.8 Å². The van der Waals surface area contributed by atoms with Crippen molar-refractivity contribution in [2.75, 3.05) is 45.1 Å². The molecule has 0 bridgehead atoms. The van der Waals surface area contributed by atoms with Crippen molar-refractivity contribution in [1.29, 1.82) is 0 Å². The van der Waals surface area contributed by atoms with Gasteiger partial charge in [0.15, 0.2) is 0 Å². The van der Waals surface area contributed by atoms with Crippen LogP contribution in [0.15, 0.2) is 54.6 Å². The minimum absolute atomic E-state index is 0.207. The standard InChI is InChI=1S/C26H25Cl2N3O5/c1-34-11-10-31-24(29-16-5-8-22(35-2)20(27)13-16)18-7-4-15(12-19(18)26(31)33)25(32)30-17-6-9-23(36-3)21(28)14-17/h4-9,12-14,24,29H,10-11H2,1-3H3,(H,30,32)/t24-/m0/s1. The van der Waals surface area contributed by atoms with Crippen molar-refractivity contribution in [2.24, 2.45) is 0 Å². The summed E-state index contributed by atoms with van der Waals surface area (Å²) in [7, 11) is 4.64. The Kier molecular flexibility index (Phi) is 7.88. The zero-order valence-electron chi connectivity index (χ0n) is 19.9. The molecule has 10 heteroatoms. The first-order valence-corrected chi connectivity index (χ1v) is 11.8. The van der Waals surface area contributed by atoms with Gasteiger partial charge in [0, 0.05) is 41.7 Å². The Bertz CT molecular complexity index is 1300. The molecule has 1 atom stereocenters. The van der Waals surface area contributed by atoms with Crippen molar-refractivity contribution in [3.8, 4) is 11.5 Å². The molecule has 0 unspecified atom stereocenters. The molecule has 4 rings (SSSR count). The van der Waals surface area contributed by atoms with Crippen LogP contribution in [0.25, 0.3) is 0 Å². The average molecular weight is 530 g/mol. The number of methoxy groups -OCH3 is 3. The highest BCUT2D eigenvalue weighted by Crippen LogP contribution is 2.37. The van der Waals surface area contributed by atoms with Crippen molar-refractivity contribution in [1.82, 2.24) is 4.90 Å². The lowest BCUT2D eigenvalue weighted by molar-refractivity contribution is 0.0674. The van der Waals surface area contributed by atoms with Gasteiger partial charge in [-0.15, -0.1) is 0 Å². The maximum absolute atomic E-state index is 13.3. The molecule has 0 saturated carbocycles. The number of amides is 2. The van der Waals surface area contributed by atoms with Crippen molar-refractivity contribution in [2.45, 2.75) is 6.17 Å². The van der Waals surface area contributed by atoms with E-state index in [1.165, 1.54) is 7.11 Å². The number of nitrogens with one attached hydrogen (secondary N) is 2. The quantitative estimate of drug-likeness (QED) is 0.381. The molecule has 2 amide bonds. The predicted octanol–water partition coefficient (Wildman–Crippen LogP) is 5.48. The lowest BCUT2D eigenvalue weighted by atomic mass is 10.0. The number of rotatable bonds is 9. The second-order valence-electron chi connectivity index (χ2n) is 7.99. The molecule has 3 aromatic carbocycles. The van der Waals surface area contributed by atoms with Gasteiger partial charge in [-0.1, -0.05) is 29.3 Å². The maximum Gasteiger partial charge on any atom is 0.256 e. The van der Waals surface area contributed by atoms with Gasteiger partial charge in [-0.05, 0) is 48.5 Å². The van der Waals surface area contributed by atoms with E-state index in [1.807, 2.05) is 6.07 Å². The van der Waals surface area contributed by atoms with Gasteiger partial charge in [-0.3, -0.25) is 9.59 Å². The zero-order chi connectivity index (χ0) is 25.8. The molecule has 0 saturated heterocycles. The van der Waals surface area contributed by atoms with Crippen LogP contribution in [0, 0.1) is 0 Å². The molecule has 188 valence electrons. The minimum Gasteiger partial charge on any atom is -0.495 e. The number of carbonyl (C=O) groups is 2. The molecular weight excluding hydrogens is 505 g/mol. The minimum atomic E-state index is -0.468. The summed E-state index contributed by atoms with van der Waals surface area (Å²) in [5.74, 6) is 0.482. The summed E-state index contributed by atoms with van der Waals surface area (Å²) in [4.78, 5) is 27.9. The molecule has 0 radical (unpaired) electrons. The van der Waals surface area contributed by atoms with E-state index in [2.05, 4.69) is 10.6 Å². The first-order chi connectivity index (χ1) is 17.4. The molecule has 1 heterocycles. The fourth-order valence-electron chi connectivity index (χ4n) is 4.00. The molecule has 36 heavy (non-hydrogen) atoms. The highest BCUT2D eigenvalue weighted by Gasteiger charge is 2.37. The third kappa shape index (κ3) is 5.21. The molecule has 0 aliphatic carbocycles. The Labute approximate surface area is 219 Å². The molecule has 0 fully saturated rings. The van der Waals surface area contributed by atoms with E-state index >= 15 is 0 Å². The van der Waals surface area contributed by atoms with Crippen LogP contribution in [0.5, 0.6) is 11.5 Å². The zero-order valence-corrected chi connectivity index (χ0v) is 21.4. The normalized spacial score (nSPS) is 14.4. The Hall–Kier alpha value is -3.46. The van der Waals surface area contributed by atoms with Crippen LogP contribution in [0.2, 0.25) is 10.0 Å². The van der Waals surface area contributed by atoms with Crippen molar-refractivity contribution in [3.63, 3.8) is 0 Å². The summed E-state index contributed by atoms with van der Waals surface area (Å²) >= 11 is 12.5. The van der Waals surface area contributed by atoms with E-state index < -0.39 is 6.17 Å². The van der Waals surface area contributed by atoms with Crippen molar-refractivity contribution < 1.29 is 23.8 Å². The molecule has 0 spiro atoms. The number of ether oxygens (including phenoxy) is 3. The molecule has 1 aliphatic heterocycles. The van der Waals surface area contributed by atoms with E-state index in [1.54, 1.807) is 67.7 Å². The van der Waals surface area contributed by atoms with Gasteiger partial charge in [0.1, 0.15) is 17.7 Å². The Balaban J connectivity index is 1.61. The second kappa shape index (κ2) is 11.1. The highest BCUT2D eigenvalue weighted by molar-refractivity contribution is 6.32. The maximum atomic E-state index is 13.3. The van der Waals surface area contributed by atoms with Crippen LogP contribution in [0.3, 0.4) is 0 Å². The average Bonchev–Trinajstić information content (AvgIpc) is 3.13. The fourth-order valence-corrected chi connectivity index (χ4v) is 4.51. The lowest BCUT2D eigenvalue weighted by Crippen LogP contribution is -2.34. The Morgan fingerprint density at radius 1 is 0.917 bits per heavy atom. The number of hydrogen-bond donors (Lipinski definition) is 2. The van der Waals surface area contributed by atoms with Gasteiger partial charge >= 0.3 is 0 Å². The summed E-state index contributed by atoms with van der Waals surface area (Å²) < 4.78 is 15.6. The third-order valence-corrected chi connectivity index (χ3v) is 6.40. The summed E-state index contributed by atoms with van der Waals surface area (Å²) in [5, 5.41) is 6.99. The first kappa shape index (κ1) is 25.6. The van der Waals surface area contributed by atoms with Gasteiger partial charge in [0.25, 0.3) is 11.8 Å². The van der Waals surface area contributed by atoms with Gasteiger partial charge in [-0.2, -0.15) is 0 Å². The number of carbonyl (C=O) groups excluding carboxylic acids is 2. The number of halogens is 2. The lowest BCUT2D eigenvalue weighted by Gasteiger charge is -2.27. The van der Waals surface area contributed by atoms with Gasteiger partial charge in [-0.25, -0.2) is 0 Å². The van der Waals surface area contributed by atoms with Gasteiger partial charge < -0.3 is 29.7 Å². The van der Waals surface area contributed by atoms with Crippen LogP contribution in [-0.4, -0.2) is 51.2 Å². The second-order valence-corrected chi connectivity index (χ2v) is 8.81. The van der Waals surface area contributed by atoms with E-state index in [0.29, 0.717) is 57.2 Å². The smallest absolute Gasteiger partial charge is 0.256 e. The van der Waals surface area contributed by atoms with E-state index in [9.17, 15) is 9.59 Å². The summed E-state index contributed by atoms with van der Waals surface area (Å²) in [5.41, 5.74) is 2.74. The monoisotopic (exact) mass is 529 g/mol. The van der Waals surface area contributed by atoms with Crippen molar-refractivity contribution >= 4 is 46.4 Å². The van der Waals surface area contributed by atoms with Crippen LogP contribution >= 0.6 is 23.2 Å². The number of hydrogen-bond acceptors (Lipinski definition) is 6. The highest BCUT2D eigenvalue weighted by atomic mass is 35.5. The summed E-state index contributed by atoms with van der Waals surface area (Å²) in [6, 6.07) is 15.3. The fraction of sp³-hybridized carbons (Fsp3) is 0.231. The van der Waals surface area contributed by atoms with Crippen LogP contribution < -0.4 is 20.1 Å².